The lowest BCUT2D eigenvalue weighted by molar-refractivity contribution is 0.597. The van der Waals surface area contributed by atoms with Gasteiger partial charge < -0.3 is 0 Å². The summed E-state index contributed by atoms with van der Waals surface area (Å²) in [7, 11) is 0. The van der Waals surface area contributed by atoms with Crippen LogP contribution in [0.15, 0.2) is 36.7 Å². The number of rotatable bonds is 3. The Balaban J connectivity index is 2.25. The number of alkyl halides is 1. The quantitative estimate of drug-likeness (QED) is 0.744. The highest BCUT2D eigenvalue weighted by atomic mass is 35.5. The molecule has 0 spiro atoms. The van der Waals surface area contributed by atoms with Crippen molar-refractivity contribution in [3.63, 3.8) is 0 Å². The maximum absolute atomic E-state index is 13.9. The Hall–Kier alpha value is -1.12. The standard InChI is InChI=1S/C14H12Cl2FN/c1-9-3-2-4-11(14(9)17)12(15)7-10-5-6-18-8-13(10)16/h2-6,8,12H,7H2,1H3. The van der Waals surface area contributed by atoms with Crippen molar-refractivity contribution in [3.8, 4) is 0 Å². The Bertz CT molecular complexity index is 557. The molecule has 2 aromatic rings. The lowest BCUT2D eigenvalue weighted by Gasteiger charge is -2.13. The largest absolute Gasteiger partial charge is 0.263 e. The van der Waals surface area contributed by atoms with Gasteiger partial charge in [-0.1, -0.05) is 29.8 Å². The predicted octanol–water partition coefficient (Wildman–Crippen LogP) is 4.71. The van der Waals surface area contributed by atoms with Gasteiger partial charge in [-0.15, -0.1) is 11.6 Å². The van der Waals surface area contributed by atoms with E-state index in [0.717, 1.165) is 5.56 Å². The molecule has 0 radical (unpaired) electrons. The minimum atomic E-state index is -0.440. The number of aryl methyl sites for hydroxylation is 1. The van der Waals surface area contributed by atoms with Crippen molar-refractivity contribution in [3.05, 3.63) is 64.2 Å². The first-order chi connectivity index (χ1) is 8.59. The molecule has 1 nitrogen and oxygen atoms in total. The third kappa shape index (κ3) is 2.82. The molecule has 2 rings (SSSR count). The molecular weight excluding hydrogens is 272 g/mol. The molecule has 1 aromatic carbocycles. The number of hydrogen-bond donors (Lipinski definition) is 0. The molecule has 0 bridgehead atoms. The summed E-state index contributed by atoms with van der Waals surface area (Å²) in [4.78, 5) is 3.91. The van der Waals surface area contributed by atoms with E-state index in [9.17, 15) is 4.39 Å². The highest BCUT2D eigenvalue weighted by Crippen LogP contribution is 2.30. The molecule has 0 fully saturated rings. The van der Waals surface area contributed by atoms with E-state index in [1.54, 1.807) is 43.6 Å². The normalized spacial score (nSPS) is 12.4. The van der Waals surface area contributed by atoms with E-state index in [1.807, 2.05) is 0 Å². The van der Waals surface area contributed by atoms with Gasteiger partial charge in [-0.05, 0) is 30.5 Å². The molecule has 1 heterocycles. The van der Waals surface area contributed by atoms with Crippen LogP contribution >= 0.6 is 23.2 Å². The summed E-state index contributed by atoms with van der Waals surface area (Å²) in [6.45, 7) is 1.72. The number of aromatic nitrogens is 1. The fraction of sp³-hybridized carbons (Fsp3) is 0.214. The van der Waals surface area contributed by atoms with Crippen molar-refractivity contribution < 1.29 is 4.39 Å². The molecule has 94 valence electrons. The first kappa shape index (κ1) is 13.3. The summed E-state index contributed by atoms with van der Waals surface area (Å²) in [6.07, 6.45) is 3.69. The van der Waals surface area contributed by atoms with Gasteiger partial charge in [0, 0.05) is 18.0 Å². The van der Waals surface area contributed by atoms with Gasteiger partial charge in [0.05, 0.1) is 10.4 Å². The van der Waals surface area contributed by atoms with Crippen LogP contribution in [0.4, 0.5) is 4.39 Å². The average Bonchev–Trinajstić information content (AvgIpc) is 2.35. The van der Waals surface area contributed by atoms with Gasteiger partial charge in [0.25, 0.3) is 0 Å². The molecule has 18 heavy (non-hydrogen) atoms. The van der Waals surface area contributed by atoms with E-state index in [1.165, 1.54) is 0 Å². The van der Waals surface area contributed by atoms with Gasteiger partial charge in [-0.25, -0.2) is 4.39 Å². The van der Waals surface area contributed by atoms with Crippen LogP contribution in [0.5, 0.6) is 0 Å². The maximum atomic E-state index is 13.9. The Kier molecular flexibility index (Phi) is 4.20. The molecule has 1 unspecified atom stereocenters. The first-order valence-corrected chi connectivity index (χ1v) is 6.38. The van der Waals surface area contributed by atoms with Gasteiger partial charge >= 0.3 is 0 Å². The molecule has 0 aliphatic rings. The molecule has 0 saturated carbocycles. The first-order valence-electron chi connectivity index (χ1n) is 5.57. The minimum Gasteiger partial charge on any atom is -0.263 e. The summed E-state index contributed by atoms with van der Waals surface area (Å²) < 4.78 is 13.9. The third-order valence-corrected chi connectivity index (χ3v) is 3.54. The van der Waals surface area contributed by atoms with Crippen molar-refractivity contribution in [2.45, 2.75) is 18.7 Å². The lowest BCUT2D eigenvalue weighted by atomic mass is 10.0. The SMILES string of the molecule is Cc1cccc(C(Cl)Cc2ccncc2Cl)c1F. The second-order valence-electron chi connectivity index (χ2n) is 4.12. The molecule has 0 saturated heterocycles. The van der Waals surface area contributed by atoms with Crippen LogP contribution in [0.25, 0.3) is 0 Å². The Morgan fingerprint density at radius 1 is 1.33 bits per heavy atom. The van der Waals surface area contributed by atoms with Gasteiger partial charge in [-0.2, -0.15) is 0 Å². The van der Waals surface area contributed by atoms with Crippen LogP contribution < -0.4 is 0 Å². The van der Waals surface area contributed by atoms with Crippen molar-refractivity contribution in [2.24, 2.45) is 0 Å². The summed E-state index contributed by atoms with van der Waals surface area (Å²) >= 11 is 12.3. The van der Waals surface area contributed by atoms with Crippen LogP contribution in [0.1, 0.15) is 22.1 Å². The van der Waals surface area contributed by atoms with Crippen molar-refractivity contribution in [1.29, 1.82) is 0 Å². The number of pyridine rings is 1. The van der Waals surface area contributed by atoms with E-state index in [0.29, 0.717) is 22.6 Å². The molecule has 0 amide bonds. The Morgan fingerprint density at radius 2 is 2.11 bits per heavy atom. The fourth-order valence-corrected chi connectivity index (χ4v) is 2.32. The molecule has 0 N–H and O–H groups in total. The highest BCUT2D eigenvalue weighted by molar-refractivity contribution is 6.31. The number of hydrogen-bond acceptors (Lipinski definition) is 1. The van der Waals surface area contributed by atoms with Crippen LogP contribution in [0.2, 0.25) is 5.02 Å². The molecule has 1 atom stereocenters. The molecule has 0 aliphatic carbocycles. The third-order valence-electron chi connectivity index (χ3n) is 2.81. The second kappa shape index (κ2) is 5.68. The average molecular weight is 284 g/mol. The fourth-order valence-electron chi connectivity index (χ4n) is 1.78. The minimum absolute atomic E-state index is 0.248. The van der Waals surface area contributed by atoms with Crippen LogP contribution in [0.3, 0.4) is 0 Å². The predicted molar refractivity (Wildman–Crippen MR) is 72.7 cm³/mol. The van der Waals surface area contributed by atoms with E-state index in [-0.39, 0.29) is 5.82 Å². The topological polar surface area (TPSA) is 12.9 Å². The van der Waals surface area contributed by atoms with Crippen LogP contribution in [-0.4, -0.2) is 4.98 Å². The molecular formula is C14H12Cl2FN. The second-order valence-corrected chi connectivity index (χ2v) is 5.05. The Morgan fingerprint density at radius 3 is 2.83 bits per heavy atom. The molecule has 4 heteroatoms. The maximum Gasteiger partial charge on any atom is 0.130 e. The van der Waals surface area contributed by atoms with Gasteiger partial charge in [-0.3, -0.25) is 4.98 Å². The van der Waals surface area contributed by atoms with E-state index < -0.39 is 5.38 Å². The zero-order valence-corrected chi connectivity index (χ0v) is 11.3. The summed E-state index contributed by atoms with van der Waals surface area (Å²) in [5, 5.41) is 0.112. The van der Waals surface area contributed by atoms with Crippen LogP contribution in [0, 0.1) is 12.7 Å². The van der Waals surface area contributed by atoms with Gasteiger partial charge in [0.1, 0.15) is 5.82 Å². The number of halogens is 3. The zero-order chi connectivity index (χ0) is 13.1. The van der Waals surface area contributed by atoms with Crippen molar-refractivity contribution in [1.82, 2.24) is 4.98 Å². The monoisotopic (exact) mass is 283 g/mol. The summed E-state index contributed by atoms with van der Waals surface area (Å²) in [5.74, 6) is -0.248. The Labute approximate surface area is 116 Å². The molecule has 1 aromatic heterocycles. The summed E-state index contributed by atoms with van der Waals surface area (Å²) in [5.41, 5.74) is 1.97. The van der Waals surface area contributed by atoms with E-state index in [4.69, 9.17) is 23.2 Å². The number of nitrogens with zero attached hydrogens (tertiary/aromatic N) is 1. The molecule has 0 aliphatic heterocycles. The van der Waals surface area contributed by atoms with Crippen LogP contribution in [-0.2, 0) is 6.42 Å². The van der Waals surface area contributed by atoms with E-state index in [2.05, 4.69) is 4.98 Å². The van der Waals surface area contributed by atoms with Crippen molar-refractivity contribution >= 4 is 23.2 Å². The highest BCUT2D eigenvalue weighted by Gasteiger charge is 2.16. The smallest absolute Gasteiger partial charge is 0.130 e. The number of benzene rings is 1. The zero-order valence-electron chi connectivity index (χ0n) is 9.83. The van der Waals surface area contributed by atoms with E-state index >= 15 is 0 Å². The summed E-state index contributed by atoms with van der Waals surface area (Å²) in [6, 6.07) is 7.03. The van der Waals surface area contributed by atoms with Crippen molar-refractivity contribution in [2.75, 3.05) is 0 Å². The van der Waals surface area contributed by atoms with Gasteiger partial charge in [0.15, 0.2) is 0 Å². The lowest BCUT2D eigenvalue weighted by Crippen LogP contribution is -2.01. The van der Waals surface area contributed by atoms with Gasteiger partial charge in [0.2, 0.25) is 0 Å².